The molecule has 6 heteroatoms. The summed E-state index contributed by atoms with van der Waals surface area (Å²) in [7, 11) is -0.976. The summed E-state index contributed by atoms with van der Waals surface area (Å²) in [4.78, 5) is 12.1. The minimum Gasteiger partial charge on any atom is -0.423 e. The molecule has 1 heterocycles. The second-order valence-electron chi connectivity index (χ2n) is 5.09. The van der Waals surface area contributed by atoms with Crippen LogP contribution in [0.25, 0.3) is 0 Å². The van der Waals surface area contributed by atoms with Gasteiger partial charge in [0, 0.05) is 12.3 Å². The minimum atomic E-state index is -0.976. The van der Waals surface area contributed by atoms with Crippen molar-refractivity contribution < 1.29 is 18.9 Å². The van der Waals surface area contributed by atoms with Crippen molar-refractivity contribution in [1.29, 1.82) is 0 Å². The number of anilines is 1. The van der Waals surface area contributed by atoms with Crippen molar-refractivity contribution in [2.24, 2.45) is 0 Å². The zero-order valence-electron chi connectivity index (χ0n) is 11.4. The Kier molecular flexibility index (Phi) is 3.90. The fraction of sp³-hybridized carbons (Fsp3) is 0.267. The molecule has 0 radical (unpaired) electrons. The number of benzene rings is 1. The normalized spacial score (nSPS) is 17.7. The van der Waals surface area contributed by atoms with E-state index in [-0.39, 0.29) is 5.57 Å². The van der Waals surface area contributed by atoms with Gasteiger partial charge in [-0.3, -0.25) is 4.79 Å². The molecule has 0 spiro atoms. The van der Waals surface area contributed by atoms with Crippen LogP contribution in [0.2, 0.25) is 0 Å². The van der Waals surface area contributed by atoms with Crippen molar-refractivity contribution in [3.05, 3.63) is 47.3 Å². The molecule has 0 unspecified atom stereocenters. The van der Waals surface area contributed by atoms with Gasteiger partial charge in [-0.1, -0.05) is 12.1 Å². The van der Waals surface area contributed by atoms with Gasteiger partial charge in [0.1, 0.15) is 5.83 Å². The van der Waals surface area contributed by atoms with Crippen LogP contribution >= 0.6 is 0 Å². The molecule has 0 atom stereocenters. The fourth-order valence-corrected chi connectivity index (χ4v) is 2.55. The Morgan fingerprint density at radius 2 is 2.14 bits per heavy atom. The lowest BCUT2D eigenvalue weighted by molar-refractivity contribution is -0.112. The van der Waals surface area contributed by atoms with Crippen molar-refractivity contribution in [3.63, 3.8) is 0 Å². The molecular weight excluding hydrogens is 272 g/mol. The Morgan fingerprint density at radius 3 is 2.95 bits per heavy atom. The van der Waals surface area contributed by atoms with Crippen molar-refractivity contribution in [2.45, 2.75) is 19.3 Å². The fourth-order valence-electron chi connectivity index (χ4n) is 2.55. The van der Waals surface area contributed by atoms with Gasteiger partial charge in [0.15, 0.2) is 0 Å². The van der Waals surface area contributed by atoms with Crippen molar-refractivity contribution >= 4 is 24.2 Å². The molecule has 2 aliphatic rings. The first-order valence-electron chi connectivity index (χ1n) is 6.95. The predicted octanol–water partition coefficient (Wildman–Crippen LogP) is 1.46. The van der Waals surface area contributed by atoms with Crippen LogP contribution in [0, 0.1) is 0 Å². The summed E-state index contributed by atoms with van der Waals surface area (Å²) in [5.74, 6) is -0.963. The van der Waals surface area contributed by atoms with Crippen LogP contribution < -0.4 is 10.8 Å². The lowest BCUT2D eigenvalue weighted by Crippen LogP contribution is -2.41. The Bertz CT molecular complexity index is 642. The first kappa shape index (κ1) is 14.0. The molecule has 0 aromatic heterocycles. The van der Waals surface area contributed by atoms with E-state index in [9.17, 15) is 14.2 Å². The molecule has 0 saturated carbocycles. The number of halogens is 1. The quantitative estimate of drug-likeness (QED) is 0.810. The van der Waals surface area contributed by atoms with E-state index in [1.807, 2.05) is 6.07 Å². The first-order chi connectivity index (χ1) is 10.1. The third-order valence-electron chi connectivity index (χ3n) is 3.66. The zero-order valence-corrected chi connectivity index (χ0v) is 11.4. The van der Waals surface area contributed by atoms with Crippen LogP contribution in [0.3, 0.4) is 0 Å². The zero-order chi connectivity index (χ0) is 14.8. The van der Waals surface area contributed by atoms with E-state index in [2.05, 4.69) is 5.32 Å². The summed E-state index contributed by atoms with van der Waals surface area (Å²) in [5.41, 5.74) is 2.22. The van der Waals surface area contributed by atoms with Crippen molar-refractivity contribution in [2.75, 3.05) is 11.9 Å². The number of hydrogen-bond acceptors (Lipinski definition) is 3. The molecule has 3 rings (SSSR count). The molecule has 0 fully saturated rings. The summed E-state index contributed by atoms with van der Waals surface area (Å²) < 4.78 is 18.8. The smallest absolute Gasteiger partial charge is 0.423 e. The van der Waals surface area contributed by atoms with E-state index < -0.39 is 18.9 Å². The van der Waals surface area contributed by atoms with Gasteiger partial charge in [0.25, 0.3) is 5.91 Å². The van der Waals surface area contributed by atoms with E-state index in [0.29, 0.717) is 30.6 Å². The molecule has 1 aromatic carbocycles. The van der Waals surface area contributed by atoms with Gasteiger partial charge in [-0.25, -0.2) is 4.39 Å². The molecule has 2 N–H and O–H groups in total. The average molecular weight is 287 g/mol. The maximum absolute atomic E-state index is 13.6. The van der Waals surface area contributed by atoms with Gasteiger partial charge in [0.05, 0.1) is 5.57 Å². The van der Waals surface area contributed by atoms with Gasteiger partial charge in [-0.15, -0.1) is 0 Å². The molecule has 1 aliphatic heterocycles. The molecule has 21 heavy (non-hydrogen) atoms. The minimum absolute atomic E-state index is 0.0655. The number of amides is 1. The summed E-state index contributed by atoms with van der Waals surface area (Å²) in [6.07, 6.45) is 5.02. The maximum Gasteiger partial charge on any atom is 0.491 e. The van der Waals surface area contributed by atoms with Gasteiger partial charge >= 0.3 is 7.12 Å². The number of nitrogens with one attached hydrogen (secondary N) is 1. The molecule has 4 nitrogen and oxygen atoms in total. The van der Waals surface area contributed by atoms with Gasteiger partial charge in [-0.2, -0.15) is 0 Å². The second-order valence-corrected chi connectivity index (χ2v) is 5.09. The topological polar surface area (TPSA) is 58.6 Å². The highest BCUT2D eigenvalue weighted by Crippen LogP contribution is 2.21. The first-order valence-corrected chi connectivity index (χ1v) is 6.95. The summed E-state index contributed by atoms with van der Waals surface area (Å²) in [5, 5.41) is 12.5. The third-order valence-corrected chi connectivity index (χ3v) is 3.66. The van der Waals surface area contributed by atoms with Crippen LogP contribution in [-0.4, -0.2) is 24.7 Å². The molecular formula is C15H15BFNO3. The van der Waals surface area contributed by atoms with E-state index in [4.69, 9.17) is 4.65 Å². The highest BCUT2D eigenvalue weighted by molar-refractivity contribution is 6.61. The molecule has 0 bridgehead atoms. The Hall–Kier alpha value is -1.92. The number of carbonyl (C=O) groups excluding carboxylic acids is 1. The van der Waals surface area contributed by atoms with Crippen molar-refractivity contribution in [1.82, 2.24) is 0 Å². The van der Waals surface area contributed by atoms with E-state index in [1.165, 1.54) is 6.08 Å². The lowest BCUT2D eigenvalue weighted by Gasteiger charge is -2.20. The molecule has 1 aliphatic carbocycles. The summed E-state index contributed by atoms with van der Waals surface area (Å²) in [6, 6.07) is 5.26. The number of hydrogen-bond donors (Lipinski definition) is 2. The number of allylic oxidation sites excluding steroid dienone is 2. The lowest BCUT2D eigenvalue weighted by atomic mass is 9.73. The highest BCUT2D eigenvalue weighted by Gasteiger charge is 2.25. The van der Waals surface area contributed by atoms with Crippen LogP contribution in [-0.2, 0) is 15.9 Å². The number of rotatable bonds is 2. The van der Waals surface area contributed by atoms with E-state index in [0.717, 1.165) is 12.0 Å². The van der Waals surface area contributed by atoms with Gasteiger partial charge in [-0.05, 0) is 48.5 Å². The van der Waals surface area contributed by atoms with Crippen LogP contribution in [0.15, 0.2) is 41.8 Å². The SMILES string of the molecule is O=C(Nc1ccc2c(c1)B(O)OCC2)C1=CCCC=C1F. The Balaban J connectivity index is 1.79. The van der Waals surface area contributed by atoms with Gasteiger partial charge < -0.3 is 15.0 Å². The number of carbonyl (C=O) groups is 1. The average Bonchev–Trinajstić information content (AvgIpc) is 2.48. The van der Waals surface area contributed by atoms with E-state index >= 15 is 0 Å². The standard InChI is InChI=1S/C15H15BFNO3/c17-14-4-2-1-3-12(14)15(19)18-11-6-5-10-7-8-21-16(20)13(10)9-11/h3-6,9,20H,1-2,7-8H2,(H,18,19). The molecule has 0 saturated heterocycles. The highest BCUT2D eigenvalue weighted by atomic mass is 19.1. The molecule has 1 aromatic rings. The summed E-state index contributed by atoms with van der Waals surface area (Å²) >= 11 is 0. The monoisotopic (exact) mass is 287 g/mol. The maximum atomic E-state index is 13.6. The van der Waals surface area contributed by atoms with Crippen LogP contribution in [0.1, 0.15) is 18.4 Å². The van der Waals surface area contributed by atoms with Gasteiger partial charge in [0.2, 0.25) is 0 Å². The van der Waals surface area contributed by atoms with E-state index in [1.54, 1.807) is 18.2 Å². The second kappa shape index (κ2) is 5.83. The van der Waals surface area contributed by atoms with Crippen LogP contribution in [0.5, 0.6) is 0 Å². The summed E-state index contributed by atoms with van der Waals surface area (Å²) in [6.45, 7) is 0.475. The van der Waals surface area contributed by atoms with Crippen molar-refractivity contribution in [3.8, 4) is 0 Å². The Labute approximate surface area is 122 Å². The number of fused-ring (bicyclic) bond motifs is 1. The third kappa shape index (κ3) is 2.91. The predicted molar refractivity (Wildman–Crippen MR) is 78.8 cm³/mol. The Morgan fingerprint density at radius 1 is 1.33 bits per heavy atom. The largest absolute Gasteiger partial charge is 0.491 e. The molecule has 1 amide bonds. The van der Waals surface area contributed by atoms with Crippen LogP contribution in [0.4, 0.5) is 10.1 Å². The molecule has 108 valence electrons.